The summed E-state index contributed by atoms with van der Waals surface area (Å²) in [6, 6.07) is 5.37. The lowest BCUT2D eigenvalue weighted by Gasteiger charge is -2.52. The van der Waals surface area contributed by atoms with Gasteiger partial charge in [-0.05, 0) is 62.9 Å². The highest BCUT2D eigenvalue weighted by Crippen LogP contribution is 2.53. The van der Waals surface area contributed by atoms with Crippen molar-refractivity contribution in [3.63, 3.8) is 0 Å². The van der Waals surface area contributed by atoms with E-state index >= 15 is 0 Å². The summed E-state index contributed by atoms with van der Waals surface area (Å²) in [4.78, 5) is 15.1. The minimum Gasteiger partial charge on any atom is -0.347 e. The molecule has 4 fully saturated rings. The minimum absolute atomic E-state index is 0.0291. The summed E-state index contributed by atoms with van der Waals surface area (Å²) >= 11 is 11.9. The Morgan fingerprint density at radius 3 is 2.52 bits per heavy atom. The average Bonchev–Trinajstić information content (AvgIpc) is 3.27. The zero-order chi connectivity index (χ0) is 14.6. The third kappa shape index (κ3) is 2.18. The molecule has 0 aromatic heterocycles. The topological polar surface area (TPSA) is 32.3 Å². The van der Waals surface area contributed by atoms with Crippen LogP contribution in [-0.4, -0.2) is 35.5 Å². The van der Waals surface area contributed by atoms with Crippen molar-refractivity contribution < 1.29 is 4.79 Å². The molecule has 1 aliphatic carbocycles. The van der Waals surface area contributed by atoms with Crippen LogP contribution in [0.1, 0.15) is 36.0 Å². The Balaban J connectivity index is 1.55. The van der Waals surface area contributed by atoms with Crippen molar-refractivity contribution in [3.8, 4) is 0 Å². The molecule has 5 rings (SSSR count). The van der Waals surface area contributed by atoms with Crippen molar-refractivity contribution in [2.24, 2.45) is 5.92 Å². The van der Waals surface area contributed by atoms with Gasteiger partial charge in [0.25, 0.3) is 5.91 Å². The molecule has 1 saturated carbocycles. The van der Waals surface area contributed by atoms with Crippen LogP contribution in [0.4, 0.5) is 0 Å². The van der Waals surface area contributed by atoms with E-state index in [-0.39, 0.29) is 11.4 Å². The average molecular weight is 325 g/mol. The monoisotopic (exact) mass is 324 g/mol. The number of amides is 1. The van der Waals surface area contributed by atoms with Crippen LogP contribution in [0.2, 0.25) is 10.0 Å². The van der Waals surface area contributed by atoms with Crippen molar-refractivity contribution in [1.29, 1.82) is 0 Å². The molecular formula is C16H18Cl2N2O. The van der Waals surface area contributed by atoms with Crippen LogP contribution in [0, 0.1) is 5.92 Å². The van der Waals surface area contributed by atoms with E-state index in [0.29, 0.717) is 27.6 Å². The summed E-state index contributed by atoms with van der Waals surface area (Å²) in [5.41, 5.74) is 0.851. The third-order valence-corrected chi connectivity index (χ3v) is 6.19. The quantitative estimate of drug-likeness (QED) is 0.904. The van der Waals surface area contributed by atoms with E-state index in [9.17, 15) is 4.79 Å². The molecule has 0 unspecified atom stereocenters. The van der Waals surface area contributed by atoms with Gasteiger partial charge in [-0.15, -0.1) is 0 Å². The Morgan fingerprint density at radius 1 is 1.19 bits per heavy atom. The first-order valence-electron chi connectivity index (χ1n) is 7.61. The second-order valence-corrected chi connectivity index (χ2v) is 7.32. The fourth-order valence-corrected chi connectivity index (χ4v) is 4.48. The molecule has 112 valence electrons. The molecule has 4 aliphatic rings. The molecule has 1 atom stereocenters. The van der Waals surface area contributed by atoms with Crippen molar-refractivity contribution in [2.75, 3.05) is 13.1 Å². The van der Waals surface area contributed by atoms with Crippen molar-refractivity contribution in [3.05, 3.63) is 33.8 Å². The normalized spacial score (nSPS) is 32.2. The van der Waals surface area contributed by atoms with E-state index in [1.807, 2.05) is 0 Å². The van der Waals surface area contributed by atoms with Gasteiger partial charge in [-0.3, -0.25) is 9.69 Å². The van der Waals surface area contributed by atoms with Crippen molar-refractivity contribution in [1.82, 2.24) is 10.2 Å². The van der Waals surface area contributed by atoms with Gasteiger partial charge in [0.15, 0.2) is 0 Å². The maximum Gasteiger partial charge on any atom is 0.251 e. The maximum atomic E-state index is 12.5. The molecule has 1 amide bonds. The summed E-state index contributed by atoms with van der Waals surface area (Å²) in [5.74, 6) is 0.600. The number of carbonyl (C=O) groups is 1. The fourth-order valence-electron chi connectivity index (χ4n) is 4.18. The van der Waals surface area contributed by atoms with Crippen LogP contribution in [0.5, 0.6) is 0 Å². The molecule has 3 heterocycles. The smallest absolute Gasteiger partial charge is 0.251 e. The largest absolute Gasteiger partial charge is 0.347 e. The van der Waals surface area contributed by atoms with Crippen molar-refractivity contribution >= 4 is 29.1 Å². The molecule has 3 nitrogen and oxygen atoms in total. The number of hydrogen-bond acceptors (Lipinski definition) is 2. The summed E-state index contributed by atoms with van der Waals surface area (Å²) < 4.78 is 0. The maximum absolute atomic E-state index is 12.5. The highest BCUT2D eigenvalue weighted by Gasteiger charge is 2.60. The van der Waals surface area contributed by atoms with Gasteiger partial charge in [0.2, 0.25) is 0 Å². The van der Waals surface area contributed by atoms with Crippen LogP contribution in [0.25, 0.3) is 0 Å². The Morgan fingerprint density at radius 2 is 1.90 bits per heavy atom. The summed E-state index contributed by atoms with van der Waals surface area (Å²) in [5, 5.41) is 4.19. The molecule has 2 bridgehead atoms. The molecular weight excluding hydrogens is 307 g/mol. The van der Waals surface area contributed by atoms with Crippen LogP contribution in [0.15, 0.2) is 18.2 Å². The second-order valence-electron chi connectivity index (χ2n) is 6.51. The van der Waals surface area contributed by atoms with Gasteiger partial charge in [-0.2, -0.15) is 0 Å². The lowest BCUT2D eigenvalue weighted by Crippen LogP contribution is -2.65. The van der Waals surface area contributed by atoms with Gasteiger partial charge < -0.3 is 5.32 Å². The van der Waals surface area contributed by atoms with E-state index in [0.717, 1.165) is 0 Å². The number of benzene rings is 1. The zero-order valence-electron chi connectivity index (χ0n) is 11.7. The first-order chi connectivity index (χ1) is 10.1. The predicted octanol–water partition coefficient (Wildman–Crippen LogP) is 3.35. The van der Waals surface area contributed by atoms with Crippen LogP contribution in [-0.2, 0) is 0 Å². The number of halogens is 2. The summed E-state index contributed by atoms with van der Waals surface area (Å²) in [6.07, 6.45) is 4.84. The van der Waals surface area contributed by atoms with Gasteiger partial charge in [-0.1, -0.05) is 23.2 Å². The molecule has 5 heteroatoms. The molecule has 0 radical (unpaired) electrons. The lowest BCUT2D eigenvalue weighted by molar-refractivity contribution is -0.00144. The van der Waals surface area contributed by atoms with Crippen LogP contribution < -0.4 is 5.32 Å². The lowest BCUT2D eigenvalue weighted by atomic mass is 9.77. The molecule has 1 N–H and O–H groups in total. The second kappa shape index (κ2) is 4.87. The van der Waals surface area contributed by atoms with E-state index in [2.05, 4.69) is 10.2 Å². The zero-order valence-corrected chi connectivity index (χ0v) is 13.3. The number of fused-ring (bicyclic) bond motifs is 2. The third-order valence-electron chi connectivity index (χ3n) is 5.45. The minimum atomic E-state index is -0.0291. The molecule has 1 aromatic carbocycles. The molecule has 21 heavy (non-hydrogen) atoms. The number of piperidine rings is 3. The number of nitrogens with zero attached hydrogens (tertiary/aromatic N) is 1. The molecule has 3 aliphatic heterocycles. The fraction of sp³-hybridized carbons (Fsp3) is 0.562. The summed E-state index contributed by atoms with van der Waals surface area (Å²) in [6.45, 7) is 2.40. The van der Waals surface area contributed by atoms with Gasteiger partial charge in [0.1, 0.15) is 0 Å². The number of carbonyl (C=O) groups excluding carboxylic acids is 1. The Hall–Kier alpha value is -0.770. The highest BCUT2D eigenvalue weighted by atomic mass is 35.5. The molecule has 1 aromatic rings. The van der Waals surface area contributed by atoms with Gasteiger partial charge in [-0.25, -0.2) is 0 Å². The molecule has 3 saturated heterocycles. The first kappa shape index (κ1) is 13.9. The number of nitrogens with one attached hydrogen (secondary N) is 1. The Labute approximate surface area is 134 Å². The van der Waals surface area contributed by atoms with E-state index in [1.54, 1.807) is 18.2 Å². The SMILES string of the molecule is O=C(N[C@@H]1C2CCN(CC2)C12CC2)c1ccc(Cl)c(Cl)c1. The van der Waals surface area contributed by atoms with Crippen LogP contribution in [0.3, 0.4) is 0 Å². The highest BCUT2D eigenvalue weighted by molar-refractivity contribution is 6.42. The number of hydrogen-bond donors (Lipinski definition) is 1. The van der Waals surface area contributed by atoms with E-state index in [4.69, 9.17) is 23.2 Å². The van der Waals surface area contributed by atoms with Crippen LogP contribution >= 0.6 is 23.2 Å². The van der Waals surface area contributed by atoms with Gasteiger partial charge >= 0.3 is 0 Å². The summed E-state index contributed by atoms with van der Waals surface area (Å²) in [7, 11) is 0. The first-order valence-corrected chi connectivity index (χ1v) is 8.37. The van der Waals surface area contributed by atoms with E-state index in [1.165, 1.54) is 38.8 Å². The predicted molar refractivity (Wildman–Crippen MR) is 84.0 cm³/mol. The van der Waals surface area contributed by atoms with Gasteiger partial charge in [0, 0.05) is 11.1 Å². The molecule has 1 spiro atoms. The van der Waals surface area contributed by atoms with Crippen molar-refractivity contribution in [2.45, 2.75) is 37.3 Å². The van der Waals surface area contributed by atoms with E-state index < -0.39 is 0 Å². The standard InChI is InChI=1S/C16H18Cl2N2O/c17-12-2-1-11(9-13(12)18)15(21)19-14-10-3-7-20(8-4-10)16(14)5-6-16/h1-2,9-10,14H,3-8H2,(H,19,21)/t14-/m1/s1. The number of rotatable bonds is 2. The van der Waals surface area contributed by atoms with Gasteiger partial charge in [0.05, 0.1) is 16.1 Å². The Kier molecular flexibility index (Phi) is 3.21. The Bertz CT molecular complexity index is 592.